The maximum absolute atomic E-state index is 12.0. The van der Waals surface area contributed by atoms with Gasteiger partial charge in [0.2, 0.25) is 5.91 Å². The van der Waals surface area contributed by atoms with Gasteiger partial charge < -0.3 is 10.3 Å². The number of carbonyl (C=O) groups is 1. The molecular formula is C28H21N7O. The summed E-state index contributed by atoms with van der Waals surface area (Å²) >= 11 is 0. The highest BCUT2D eigenvalue weighted by molar-refractivity contribution is 6.01. The van der Waals surface area contributed by atoms with Gasteiger partial charge in [0, 0.05) is 46.9 Å². The van der Waals surface area contributed by atoms with E-state index in [9.17, 15) is 4.79 Å². The van der Waals surface area contributed by atoms with Crippen LogP contribution in [0.1, 0.15) is 19.8 Å². The highest BCUT2D eigenvalue weighted by Crippen LogP contribution is 2.34. The van der Waals surface area contributed by atoms with Crippen molar-refractivity contribution in [2.75, 3.05) is 5.32 Å². The molecule has 0 saturated heterocycles. The number of amides is 1. The number of anilines is 1. The summed E-state index contributed by atoms with van der Waals surface area (Å²) in [7, 11) is 0. The van der Waals surface area contributed by atoms with Crippen LogP contribution in [0, 0.1) is 12.1 Å². The third-order valence-electron chi connectivity index (χ3n) is 6.02. The molecular weight excluding hydrogens is 450 g/mol. The SMILES string of the molecule is CCCC(=O)Nc1c#ccc(-c2cc3c(-c4cc5c(-c6ccncc6)cncc5[nH]4)n[nH]c3cn2)c1. The summed E-state index contributed by atoms with van der Waals surface area (Å²) in [6, 6.07) is 17.6. The van der Waals surface area contributed by atoms with Gasteiger partial charge in [0.15, 0.2) is 0 Å². The fraction of sp³-hybridized carbons (Fsp3) is 0.107. The number of nitrogens with one attached hydrogen (secondary N) is 3. The molecule has 5 aromatic heterocycles. The Morgan fingerprint density at radius 1 is 1.00 bits per heavy atom. The predicted octanol–water partition coefficient (Wildman–Crippen LogP) is 5.57. The second-order valence-corrected chi connectivity index (χ2v) is 8.48. The molecule has 8 heteroatoms. The molecule has 0 atom stereocenters. The Balaban J connectivity index is 1.40. The van der Waals surface area contributed by atoms with Crippen LogP contribution in [0.25, 0.3) is 55.6 Å². The van der Waals surface area contributed by atoms with Gasteiger partial charge in [-0.1, -0.05) is 13.0 Å². The van der Waals surface area contributed by atoms with Crippen LogP contribution < -0.4 is 5.32 Å². The number of H-pyrrole nitrogens is 2. The number of aromatic nitrogens is 6. The van der Waals surface area contributed by atoms with E-state index >= 15 is 0 Å². The third kappa shape index (κ3) is 3.93. The van der Waals surface area contributed by atoms with Gasteiger partial charge in [-0.3, -0.25) is 24.8 Å². The number of aromatic amines is 2. The van der Waals surface area contributed by atoms with E-state index in [1.807, 2.05) is 43.6 Å². The van der Waals surface area contributed by atoms with E-state index < -0.39 is 0 Å². The molecule has 36 heavy (non-hydrogen) atoms. The molecule has 0 unspecified atom stereocenters. The summed E-state index contributed by atoms with van der Waals surface area (Å²) in [5.41, 5.74) is 7.62. The normalized spacial score (nSPS) is 11.0. The molecule has 0 aliphatic rings. The summed E-state index contributed by atoms with van der Waals surface area (Å²) in [6.07, 6.45) is 10.2. The van der Waals surface area contributed by atoms with E-state index in [0.29, 0.717) is 12.1 Å². The molecule has 0 bridgehead atoms. The Morgan fingerprint density at radius 3 is 2.75 bits per heavy atom. The number of rotatable bonds is 6. The van der Waals surface area contributed by atoms with Crippen molar-refractivity contribution in [3.63, 3.8) is 0 Å². The molecule has 1 aromatic carbocycles. The molecule has 3 N–H and O–H groups in total. The monoisotopic (exact) mass is 471 g/mol. The van der Waals surface area contributed by atoms with Gasteiger partial charge >= 0.3 is 0 Å². The quantitative estimate of drug-likeness (QED) is 0.294. The second-order valence-electron chi connectivity index (χ2n) is 8.48. The number of fused-ring (bicyclic) bond motifs is 2. The van der Waals surface area contributed by atoms with Gasteiger partial charge in [0.05, 0.1) is 40.5 Å². The lowest BCUT2D eigenvalue weighted by atomic mass is 10.1. The lowest BCUT2D eigenvalue weighted by Crippen LogP contribution is -2.10. The van der Waals surface area contributed by atoms with Gasteiger partial charge in [0.1, 0.15) is 5.69 Å². The van der Waals surface area contributed by atoms with Crippen LogP contribution in [0.15, 0.2) is 67.4 Å². The largest absolute Gasteiger partial charge is 0.352 e. The van der Waals surface area contributed by atoms with Crippen LogP contribution >= 0.6 is 0 Å². The van der Waals surface area contributed by atoms with Crippen molar-refractivity contribution in [2.24, 2.45) is 0 Å². The first-order chi connectivity index (χ1) is 17.7. The van der Waals surface area contributed by atoms with Crippen molar-refractivity contribution in [1.82, 2.24) is 30.1 Å². The van der Waals surface area contributed by atoms with Gasteiger partial charge in [0.25, 0.3) is 0 Å². The minimum atomic E-state index is -0.0423. The van der Waals surface area contributed by atoms with Crippen LogP contribution in [-0.4, -0.2) is 36.0 Å². The van der Waals surface area contributed by atoms with Crippen LogP contribution in [-0.2, 0) is 4.79 Å². The number of hydrogen-bond donors (Lipinski definition) is 3. The van der Waals surface area contributed by atoms with Crippen LogP contribution in [0.4, 0.5) is 5.69 Å². The topological polar surface area (TPSA) is 112 Å². The number of hydrogen-bond acceptors (Lipinski definition) is 5. The molecule has 6 rings (SSSR count). The third-order valence-corrected chi connectivity index (χ3v) is 6.02. The Bertz CT molecular complexity index is 1700. The number of carbonyl (C=O) groups excluding carboxylic acids is 1. The fourth-order valence-corrected chi connectivity index (χ4v) is 4.30. The fourth-order valence-electron chi connectivity index (χ4n) is 4.30. The second kappa shape index (κ2) is 8.96. The molecule has 0 radical (unpaired) electrons. The summed E-state index contributed by atoms with van der Waals surface area (Å²) < 4.78 is 0. The Hall–Kier alpha value is -5.03. The van der Waals surface area contributed by atoms with Crippen molar-refractivity contribution in [3.05, 3.63) is 79.5 Å². The molecule has 0 aliphatic carbocycles. The summed E-state index contributed by atoms with van der Waals surface area (Å²) in [5.74, 6) is -0.0423. The molecule has 0 fully saturated rings. The standard InChI is InChI=1S/C28H21N7O/c1-2-4-27(36)32-19-6-3-5-18(11-19)23-13-21-26(16-31-23)34-35-28(21)24-12-20-22(14-30-15-25(20)33-24)17-7-9-29-10-8-17/h5,7-16,33H,2,4H2,1H3,(H,32,36)(H,34,35). The maximum Gasteiger partial charge on any atom is 0.224 e. The minimum Gasteiger partial charge on any atom is -0.352 e. The Labute approximate surface area is 206 Å². The van der Waals surface area contributed by atoms with Crippen LogP contribution in [0.2, 0.25) is 0 Å². The van der Waals surface area contributed by atoms with E-state index in [1.54, 1.807) is 24.7 Å². The van der Waals surface area contributed by atoms with E-state index in [0.717, 1.165) is 62.0 Å². The average Bonchev–Trinajstić information content (AvgIpc) is 3.53. The maximum atomic E-state index is 12.0. The van der Waals surface area contributed by atoms with Crippen molar-refractivity contribution in [2.45, 2.75) is 19.8 Å². The van der Waals surface area contributed by atoms with E-state index in [2.05, 4.69) is 53.6 Å². The Morgan fingerprint density at radius 2 is 1.89 bits per heavy atom. The van der Waals surface area contributed by atoms with Crippen molar-refractivity contribution >= 4 is 33.4 Å². The van der Waals surface area contributed by atoms with Crippen LogP contribution in [0.5, 0.6) is 0 Å². The molecule has 1 amide bonds. The van der Waals surface area contributed by atoms with Crippen molar-refractivity contribution in [3.8, 4) is 33.8 Å². The zero-order valence-electron chi connectivity index (χ0n) is 19.5. The summed E-state index contributed by atoms with van der Waals surface area (Å²) in [4.78, 5) is 28.6. The lowest BCUT2D eigenvalue weighted by Gasteiger charge is -2.04. The van der Waals surface area contributed by atoms with Crippen LogP contribution in [0.3, 0.4) is 0 Å². The molecule has 0 spiro atoms. The molecule has 6 aromatic rings. The van der Waals surface area contributed by atoms with Crippen molar-refractivity contribution < 1.29 is 4.79 Å². The smallest absolute Gasteiger partial charge is 0.224 e. The number of pyridine rings is 3. The predicted molar refractivity (Wildman–Crippen MR) is 139 cm³/mol. The van der Waals surface area contributed by atoms with Gasteiger partial charge in [-0.2, -0.15) is 5.10 Å². The zero-order chi connectivity index (χ0) is 24.5. The molecule has 174 valence electrons. The molecule has 8 nitrogen and oxygen atoms in total. The van der Waals surface area contributed by atoms with E-state index in [1.165, 1.54) is 0 Å². The first kappa shape index (κ1) is 21.5. The molecule has 5 heterocycles. The minimum absolute atomic E-state index is 0.0423. The highest BCUT2D eigenvalue weighted by Gasteiger charge is 2.15. The highest BCUT2D eigenvalue weighted by atomic mass is 16.1. The van der Waals surface area contributed by atoms with Gasteiger partial charge in [-0.15, -0.1) is 0 Å². The van der Waals surface area contributed by atoms with Gasteiger partial charge in [-0.05, 0) is 54.4 Å². The molecule has 0 aliphatic heterocycles. The molecule has 0 saturated carbocycles. The van der Waals surface area contributed by atoms with Crippen molar-refractivity contribution in [1.29, 1.82) is 0 Å². The first-order valence-corrected chi connectivity index (χ1v) is 11.6. The van der Waals surface area contributed by atoms with E-state index in [4.69, 9.17) is 0 Å². The number of nitrogens with zero attached hydrogens (tertiary/aromatic N) is 4. The summed E-state index contributed by atoms with van der Waals surface area (Å²) in [5, 5.41) is 12.5. The van der Waals surface area contributed by atoms with Gasteiger partial charge in [-0.25, -0.2) is 0 Å². The lowest BCUT2D eigenvalue weighted by molar-refractivity contribution is -0.116. The zero-order valence-corrected chi connectivity index (χ0v) is 19.5. The average molecular weight is 472 g/mol. The first-order valence-electron chi connectivity index (χ1n) is 11.6. The Kier molecular flexibility index (Phi) is 5.35. The van der Waals surface area contributed by atoms with E-state index in [-0.39, 0.29) is 5.91 Å². The summed E-state index contributed by atoms with van der Waals surface area (Å²) in [6.45, 7) is 1.97.